The summed E-state index contributed by atoms with van der Waals surface area (Å²) in [7, 11) is 0. The number of ether oxygens (including phenoxy) is 1. The van der Waals surface area contributed by atoms with Gasteiger partial charge in [0.25, 0.3) is 0 Å². The van der Waals surface area contributed by atoms with Crippen molar-refractivity contribution in [2.45, 2.75) is 13.0 Å². The standard InChI is InChI=1S/C25H18FNO4/c26-20-8-6-16(7-9-20)10-18-11-21-22(12-19(14-28)24(29)23(21)27-13-18)25(30)31-15-17-4-2-1-3-5-17/h1-9,11-14,29H,10,15H2. The van der Waals surface area contributed by atoms with E-state index < -0.39 is 5.97 Å². The first-order valence-electron chi connectivity index (χ1n) is 9.60. The fourth-order valence-corrected chi connectivity index (χ4v) is 3.33. The summed E-state index contributed by atoms with van der Waals surface area (Å²) < 4.78 is 18.6. The first-order chi connectivity index (χ1) is 15.0. The highest BCUT2D eigenvalue weighted by Gasteiger charge is 2.19. The summed E-state index contributed by atoms with van der Waals surface area (Å²) in [6, 6.07) is 18.3. The van der Waals surface area contributed by atoms with E-state index in [4.69, 9.17) is 4.74 Å². The number of carbonyl (C=O) groups excluding carboxylic acids is 2. The van der Waals surface area contributed by atoms with Gasteiger partial charge in [0.2, 0.25) is 0 Å². The number of aldehydes is 1. The predicted octanol–water partition coefficient (Wildman–Crippen LogP) is 4.84. The molecule has 0 saturated heterocycles. The second kappa shape index (κ2) is 8.75. The lowest BCUT2D eigenvalue weighted by Crippen LogP contribution is -2.08. The van der Waals surface area contributed by atoms with Crippen molar-refractivity contribution < 1.29 is 23.8 Å². The lowest BCUT2D eigenvalue weighted by atomic mass is 9.99. The van der Waals surface area contributed by atoms with Crippen LogP contribution in [0.3, 0.4) is 0 Å². The molecule has 1 N–H and O–H groups in total. The van der Waals surface area contributed by atoms with Gasteiger partial charge in [-0.05, 0) is 47.4 Å². The number of pyridine rings is 1. The van der Waals surface area contributed by atoms with Crippen LogP contribution < -0.4 is 0 Å². The lowest BCUT2D eigenvalue weighted by molar-refractivity contribution is 0.0475. The third-order valence-corrected chi connectivity index (χ3v) is 4.91. The maximum absolute atomic E-state index is 13.2. The maximum atomic E-state index is 13.2. The number of halogens is 1. The van der Waals surface area contributed by atoms with E-state index in [-0.39, 0.29) is 34.8 Å². The number of rotatable bonds is 6. The molecule has 0 saturated carbocycles. The molecule has 5 nitrogen and oxygen atoms in total. The van der Waals surface area contributed by atoms with Crippen LogP contribution in [0, 0.1) is 5.82 Å². The molecule has 0 unspecified atom stereocenters. The summed E-state index contributed by atoms with van der Waals surface area (Å²) in [6.45, 7) is 0.0706. The quantitative estimate of drug-likeness (QED) is 0.360. The Morgan fingerprint density at radius 1 is 1.00 bits per heavy atom. The molecule has 31 heavy (non-hydrogen) atoms. The number of fused-ring (bicyclic) bond motifs is 1. The molecule has 0 atom stereocenters. The zero-order valence-corrected chi connectivity index (χ0v) is 16.4. The first kappa shape index (κ1) is 20.2. The number of phenols is 1. The molecule has 0 fully saturated rings. The largest absolute Gasteiger partial charge is 0.505 e. The molecular weight excluding hydrogens is 397 g/mol. The minimum atomic E-state index is -0.627. The van der Waals surface area contributed by atoms with E-state index in [1.165, 1.54) is 18.2 Å². The molecule has 0 bridgehead atoms. The van der Waals surface area contributed by atoms with E-state index in [1.807, 2.05) is 30.3 Å². The number of hydrogen-bond donors (Lipinski definition) is 1. The van der Waals surface area contributed by atoms with E-state index in [9.17, 15) is 19.1 Å². The number of aromatic hydroxyl groups is 1. The number of nitrogens with zero attached hydrogens (tertiary/aromatic N) is 1. The van der Waals surface area contributed by atoms with Crippen molar-refractivity contribution in [3.8, 4) is 5.75 Å². The van der Waals surface area contributed by atoms with Gasteiger partial charge in [0.1, 0.15) is 17.9 Å². The summed E-state index contributed by atoms with van der Waals surface area (Å²) in [4.78, 5) is 28.5. The van der Waals surface area contributed by atoms with E-state index in [0.717, 1.165) is 16.7 Å². The average Bonchev–Trinajstić information content (AvgIpc) is 2.80. The molecule has 0 amide bonds. The van der Waals surface area contributed by atoms with Crippen LogP contribution in [0.25, 0.3) is 10.9 Å². The highest BCUT2D eigenvalue weighted by atomic mass is 19.1. The number of carbonyl (C=O) groups is 2. The lowest BCUT2D eigenvalue weighted by Gasteiger charge is -2.12. The third-order valence-electron chi connectivity index (χ3n) is 4.91. The fraction of sp³-hybridized carbons (Fsp3) is 0.0800. The zero-order valence-electron chi connectivity index (χ0n) is 16.4. The van der Waals surface area contributed by atoms with E-state index in [2.05, 4.69) is 4.98 Å². The van der Waals surface area contributed by atoms with Gasteiger partial charge in [-0.1, -0.05) is 42.5 Å². The van der Waals surface area contributed by atoms with Crippen molar-refractivity contribution in [3.63, 3.8) is 0 Å². The molecule has 1 aromatic heterocycles. The highest BCUT2D eigenvalue weighted by molar-refractivity contribution is 6.08. The molecule has 4 aromatic rings. The molecule has 0 spiro atoms. The van der Waals surface area contributed by atoms with E-state index >= 15 is 0 Å². The van der Waals surface area contributed by atoms with Crippen molar-refractivity contribution >= 4 is 23.2 Å². The van der Waals surface area contributed by atoms with Crippen LogP contribution in [0.5, 0.6) is 5.75 Å². The van der Waals surface area contributed by atoms with Gasteiger partial charge >= 0.3 is 5.97 Å². The number of aromatic nitrogens is 1. The van der Waals surface area contributed by atoms with Gasteiger partial charge in [-0.25, -0.2) is 9.18 Å². The second-order valence-electron chi connectivity index (χ2n) is 7.08. The minimum absolute atomic E-state index is 0.0436. The Kier molecular flexibility index (Phi) is 5.71. The van der Waals surface area contributed by atoms with Crippen molar-refractivity contribution in [1.82, 2.24) is 4.98 Å². The third kappa shape index (κ3) is 4.43. The summed E-state index contributed by atoms with van der Waals surface area (Å²) >= 11 is 0. The van der Waals surface area contributed by atoms with E-state index in [1.54, 1.807) is 24.4 Å². The monoisotopic (exact) mass is 415 g/mol. The Morgan fingerprint density at radius 3 is 2.45 bits per heavy atom. The Hall–Kier alpha value is -4.06. The molecule has 0 aliphatic rings. The Morgan fingerprint density at radius 2 is 1.74 bits per heavy atom. The number of esters is 1. The Balaban J connectivity index is 1.71. The van der Waals surface area contributed by atoms with E-state index in [0.29, 0.717) is 18.1 Å². The van der Waals surface area contributed by atoms with Gasteiger partial charge in [0, 0.05) is 11.6 Å². The van der Waals surface area contributed by atoms with Gasteiger partial charge in [0.15, 0.2) is 12.0 Å². The SMILES string of the molecule is O=Cc1cc(C(=O)OCc2ccccc2)c2cc(Cc3ccc(F)cc3)cnc2c1O. The van der Waals surface area contributed by atoms with Crippen LogP contribution in [0.4, 0.5) is 4.39 Å². The maximum Gasteiger partial charge on any atom is 0.339 e. The van der Waals surface area contributed by atoms with Crippen molar-refractivity contribution in [1.29, 1.82) is 0 Å². The smallest absolute Gasteiger partial charge is 0.339 e. The van der Waals surface area contributed by atoms with Gasteiger partial charge < -0.3 is 9.84 Å². The van der Waals surface area contributed by atoms with Crippen LogP contribution in [0.1, 0.15) is 37.4 Å². The van der Waals surface area contributed by atoms with Gasteiger partial charge in [-0.15, -0.1) is 0 Å². The molecule has 3 aromatic carbocycles. The van der Waals surface area contributed by atoms with Crippen LogP contribution in [0.2, 0.25) is 0 Å². The minimum Gasteiger partial charge on any atom is -0.505 e. The molecule has 4 rings (SSSR count). The predicted molar refractivity (Wildman–Crippen MR) is 114 cm³/mol. The Labute approximate surface area is 177 Å². The normalized spacial score (nSPS) is 10.7. The van der Waals surface area contributed by atoms with Crippen LogP contribution >= 0.6 is 0 Å². The number of benzene rings is 3. The molecule has 0 aliphatic carbocycles. The van der Waals surface area contributed by atoms with Gasteiger partial charge in [-0.2, -0.15) is 0 Å². The average molecular weight is 415 g/mol. The van der Waals surface area contributed by atoms with Crippen LogP contribution in [-0.4, -0.2) is 22.3 Å². The van der Waals surface area contributed by atoms with Crippen molar-refractivity contribution in [2.24, 2.45) is 0 Å². The van der Waals surface area contributed by atoms with Crippen LogP contribution in [0.15, 0.2) is 72.9 Å². The topological polar surface area (TPSA) is 76.5 Å². The second-order valence-corrected chi connectivity index (χ2v) is 7.08. The summed E-state index contributed by atoms with van der Waals surface area (Å²) in [5, 5.41) is 10.8. The molecule has 6 heteroatoms. The van der Waals surface area contributed by atoms with Crippen molar-refractivity contribution in [3.05, 3.63) is 107 Å². The van der Waals surface area contributed by atoms with Crippen LogP contribution in [-0.2, 0) is 17.8 Å². The first-order valence-corrected chi connectivity index (χ1v) is 9.60. The molecule has 1 heterocycles. The summed E-state index contributed by atoms with van der Waals surface area (Å²) in [5.74, 6) is -1.24. The highest BCUT2D eigenvalue weighted by Crippen LogP contribution is 2.31. The summed E-state index contributed by atoms with van der Waals surface area (Å²) in [6.07, 6.45) is 2.48. The molecule has 154 valence electrons. The molecular formula is C25H18FNO4. The number of hydrogen-bond acceptors (Lipinski definition) is 5. The zero-order chi connectivity index (χ0) is 21.8. The molecule has 0 radical (unpaired) electrons. The summed E-state index contributed by atoms with van der Waals surface area (Å²) in [5.41, 5.74) is 2.68. The fourth-order valence-electron chi connectivity index (χ4n) is 3.33. The molecule has 0 aliphatic heterocycles. The van der Waals surface area contributed by atoms with Crippen molar-refractivity contribution in [2.75, 3.05) is 0 Å². The number of phenolic OH excluding ortho intramolecular Hbond substituents is 1. The van der Waals surface area contributed by atoms with Gasteiger partial charge in [-0.3, -0.25) is 9.78 Å². The Bertz CT molecular complexity index is 1250. The van der Waals surface area contributed by atoms with Gasteiger partial charge in [0.05, 0.1) is 11.1 Å².